The van der Waals surface area contributed by atoms with E-state index in [4.69, 9.17) is 19.9 Å². The number of hydrogen-bond acceptors (Lipinski definition) is 12. The van der Waals surface area contributed by atoms with Crippen LogP contribution in [0.25, 0.3) is 22.5 Å². The lowest BCUT2D eigenvalue weighted by atomic mass is 9.97. The SMILES string of the molecule is CCCCC(=O)N(Cc1ccc(-c2ccccc2-c2nnn(C(C)OC(=O)OCc3cccc(CON(O)O)c3)n2)cc1)[C@H](C(=O)O)C(C)C. The molecule has 50 heavy (non-hydrogen) atoms. The molecule has 0 aliphatic heterocycles. The third kappa shape index (κ3) is 10.4. The topological polar surface area (TPSA) is 190 Å². The number of carboxylic acid groups (broad SMARTS) is 1. The van der Waals surface area contributed by atoms with E-state index in [0.717, 1.165) is 27.9 Å². The van der Waals surface area contributed by atoms with Crippen LogP contribution in [-0.4, -0.2) is 70.1 Å². The summed E-state index contributed by atoms with van der Waals surface area (Å²) in [5, 5.41) is 39.7. The monoisotopic (exact) mass is 690 g/mol. The van der Waals surface area contributed by atoms with Crippen molar-refractivity contribution in [3.8, 4) is 22.5 Å². The van der Waals surface area contributed by atoms with Crippen molar-refractivity contribution < 1.29 is 44.2 Å². The number of tetrazole rings is 1. The first-order valence-corrected chi connectivity index (χ1v) is 16.2. The van der Waals surface area contributed by atoms with Gasteiger partial charge in [-0.05, 0) is 52.3 Å². The Morgan fingerprint density at radius 1 is 0.880 bits per heavy atom. The van der Waals surface area contributed by atoms with Crippen LogP contribution in [0.15, 0.2) is 72.8 Å². The lowest BCUT2D eigenvalue weighted by Gasteiger charge is -2.32. The van der Waals surface area contributed by atoms with Crippen molar-refractivity contribution in [1.29, 1.82) is 0 Å². The lowest BCUT2D eigenvalue weighted by molar-refractivity contribution is -0.497. The molecule has 3 aromatic carbocycles. The van der Waals surface area contributed by atoms with Crippen LogP contribution in [0.4, 0.5) is 4.79 Å². The van der Waals surface area contributed by atoms with E-state index in [1.165, 1.54) is 4.90 Å². The minimum Gasteiger partial charge on any atom is -0.480 e. The molecule has 1 aromatic heterocycles. The quantitative estimate of drug-likeness (QED) is 0.0862. The average Bonchev–Trinajstić information content (AvgIpc) is 3.59. The molecular formula is C35H42N6O9. The van der Waals surface area contributed by atoms with E-state index < -0.39 is 24.4 Å². The Kier molecular flexibility index (Phi) is 13.5. The molecule has 266 valence electrons. The van der Waals surface area contributed by atoms with Crippen LogP contribution >= 0.6 is 0 Å². The maximum atomic E-state index is 13.1. The van der Waals surface area contributed by atoms with Crippen LogP contribution in [0.5, 0.6) is 0 Å². The molecule has 0 saturated heterocycles. The highest BCUT2D eigenvalue weighted by Crippen LogP contribution is 2.31. The zero-order valence-electron chi connectivity index (χ0n) is 28.4. The van der Waals surface area contributed by atoms with Crippen LogP contribution in [0.2, 0.25) is 0 Å². The standard InChI is InChI=1S/C35H42N6O9/c1-5-6-14-31(42)39(32(23(2)3)34(43)44)20-25-15-17-28(18-16-25)29-12-7-8-13-30(29)33-36-38-40(37-33)24(4)50-35(45)48-21-26-10-9-11-27(19-26)22-49-41(46)47/h7-13,15-19,23-24,32,46-47H,5-6,14,20-22H2,1-4H3,(H,43,44)/t24?,32-/m0/s1. The summed E-state index contributed by atoms with van der Waals surface area (Å²) in [6, 6.07) is 20.9. The zero-order valence-corrected chi connectivity index (χ0v) is 28.4. The first-order valence-electron chi connectivity index (χ1n) is 16.2. The van der Waals surface area contributed by atoms with Gasteiger partial charge in [0.25, 0.3) is 0 Å². The molecule has 1 unspecified atom stereocenters. The van der Waals surface area contributed by atoms with Crippen LogP contribution in [0.1, 0.15) is 69.9 Å². The minimum atomic E-state index is -1.03. The number of unbranched alkanes of at least 4 members (excludes halogenated alkanes) is 1. The smallest absolute Gasteiger partial charge is 0.480 e. The van der Waals surface area contributed by atoms with Gasteiger partial charge in [0, 0.05) is 18.5 Å². The van der Waals surface area contributed by atoms with Crippen molar-refractivity contribution in [2.24, 2.45) is 5.92 Å². The van der Waals surface area contributed by atoms with E-state index >= 15 is 0 Å². The second-order valence-electron chi connectivity index (χ2n) is 11.9. The summed E-state index contributed by atoms with van der Waals surface area (Å²) in [6.45, 7) is 7.12. The molecule has 4 aromatic rings. The van der Waals surface area contributed by atoms with Gasteiger partial charge >= 0.3 is 12.1 Å². The number of benzene rings is 3. The molecule has 3 N–H and O–H groups in total. The number of aliphatic carboxylic acids is 1. The molecule has 0 aliphatic rings. The van der Waals surface area contributed by atoms with Gasteiger partial charge in [-0.3, -0.25) is 15.2 Å². The molecule has 1 heterocycles. The highest BCUT2D eigenvalue weighted by atomic mass is 17.1. The van der Waals surface area contributed by atoms with Crippen molar-refractivity contribution in [2.75, 3.05) is 0 Å². The Morgan fingerprint density at radius 3 is 2.20 bits per heavy atom. The zero-order chi connectivity index (χ0) is 36.2. The summed E-state index contributed by atoms with van der Waals surface area (Å²) in [5.41, 5.74) is 4.38. The number of ether oxygens (including phenoxy) is 2. The van der Waals surface area contributed by atoms with E-state index in [1.54, 1.807) is 45.0 Å². The molecule has 0 bridgehead atoms. The van der Waals surface area contributed by atoms with Crippen molar-refractivity contribution in [3.63, 3.8) is 0 Å². The molecule has 1 amide bonds. The molecule has 15 nitrogen and oxygen atoms in total. The van der Waals surface area contributed by atoms with Gasteiger partial charge in [-0.25, -0.2) is 14.4 Å². The predicted octanol–water partition coefficient (Wildman–Crippen LogP) is 6.02. The fourth-order valence-corrected chi connectivity index (χ4v) is 5.30. The first-order chi connectivity index (χ1) is 24.0. The number of rotatable bonds is 17. The predicted molar refractivity (Wildman–Crippen MR) is 178 cm³/mol. The Hall–Kier alpha value is -5.22. The molecular weight excluding hydrogens is 648 g/mol. The fourth-order valence-electron chi connectivity index (χ4n) is 5.30. The largest absolute Gasteiger partial charge is 0.510 e. The maximum Gasteiger partial charge on any atom is 0.510 e. The number of aromatic nitrogens is 4. The van der Waals surface area contributed by atoms with Gasteiger partial charge in [-0.15, -0.1) is 15.0 Å². The average molecular weight is 691 g/mol. The number of amides is 1. The summed E-state index contributed by atoms with van der Waals surface area (Å²) in [6.07, 6.45) is -0.0852. The van der Waals surface area contributed by atoms with E-state index in [0.29, 0.717) is 35.4 Å². The van der Waals surface area contributed by atoms with Gasteiger partial charge in [0.2, 0.25) is 18.0 Å². The maximum absolute atomic E-state index is 13.1. The highest BCUT2D eigenvalue weighted by molar-refractivity contribution is 5.84. The summed E-state index contributed by atoms with van der Waals surface area (Å²) in [5.74, 6) is -1.17. The molecule has 4 rings (SSSR count). The van der Waals surface area contributed by atoms with Crippen molar-refractivity contribution in [2.45, 2.75) is 79.0 Å². The van der Waals surface area contributed by atoms with Gasteiger partial charge in [0.1, 0.15) is 12.6 Å². The molecule has 0 aliphatic carbocycles. The van der Waals surface area contributed by atoms with Gasteiger partial charge in [0.15, 0.2) is 0 Å². The number of carboxylic acids is 1. The van der Waals surface area contributed by atoms with Crippen LogP contribution in [-0.2, 0) is 43.7 Å². The van der Waals surface area contributed by atoms with Crippen molar-refractivity contribution in [3.05, 3.63) is 89.5 Å². The molecule has 0 spiro atoms. The molecule has 0 radical (unpaired) electrons. The normalized spacial score (nSPS) is 12.5. The Bertz CT molecular complexity index is 1730. The summed E-state index contributed by atoms with van der Waals surface area (Å²) < 4.78 is 10.6. The van der Waals surface area contributed by atoms with E-state index in [2.05, 4.69) is 20.2 Å². The molecule has 0 saturated carbocycles. The summed E-state index contributed by atoms with van der Waals surface area (Å²) in [7, 11) is 0. The van der Waals surface area contributed by atoms with Crippen LogP contribution in [0, 0.1) is 5.92 Å². The number of carbonyl (C=O) groups excluding carboxylic acids is 2. The highest BCUT2D eigenvalue weighted by Gasteiger charge is 2.32. The van der Waals surface area contributed by atoms with Crippen molar-refractivity contribution in [1.82, 2.24) is 30.5 Å². The first kappa shape index (κ1) is 37.6. The van der Waals surface area contributed by atoms with E-state index in [1.807, 2.05) is 55.5 Å². The van der Waals surface area contributed by atoms with E-state index in [9.17, 15) is 19.5 Å². The van der Waals surface area contributed by atoms with Gasteiger partial charge in [-0.1, -0.05) is 100.0 Å². The van der Waals surface area contributed by atoms with Crippen molar-refractivity contribution >= 4 is 18.0 Å². The van der Waals surface area contributed by atoms with Gasteiger partial charge < -0.3 is 19.5 Å². The number of nitrogens with zero attached hydrogens (tertiary/aromatic N) is 6. The number of hydrogen-bond donors (Lipinski definition) is 3. The fraction of sp³-hybridized carbons (Fsp3) is 0.371. The third-order valence-corrected chi connectivity index (χ3v) is 7.79. The lowest BCUT2D eigenvalue weighted by Crippen LogP contribution is -2.47. The van der Waals surface area contributed by atoms with Gasteiger partial charge in [-0.2, -0.15) is 0 Å². The summed E-state index contributed by atoms with van der Waals surface area (Å²) in [4.78, 5) is 44.8. The molecule has 0 fully saturated rings. The molecule has 15 heteroatoms. The summed E-state index contributed by atoms with van der Waals surface area (Å²) >= 11 is 0. The third-order valence-electron chi connectivity index (χ3n) is 7.79. The van der Waals surface area contributed by atoms with Crippen LogP contribution in [0.3, 0.4) is 0 Å². The Balaban J connectivity index is 1.43. The molecule has 2 atom stereocenters. The Morgan fingerprint density at radius 2 is 1.56 bits per heavy atom. The second-order valence-corrected chi connectivity index (χ2v) is 11.9. The second kappa shape index (κ2) is 18.0. The van der Waals surface area contributed by atoms with Gasteiger partial charge in [0.05, 0.1) is 12.0 Å². The Labute approximate surface area is 289 Å². The van der Waals surface area contributed by atoms with Crippen LogP contribution < -0.4 is 0 Å². The minimum absolute atomic E-state index is 0.103. The van der Waals surface area contributed by atoms with E-state index in [-0.39, 0.29) is 37.0 Å². The number of carbonyl (C=O) groups is 3.